The van der Waals surface area contributed by atoms with Gasteiger partial charge in [0.2, 0.25) is 5.91 Å². The van der Waals surface area contributed by atoms with Gasteiger partial charge in [-0.25, -0.2) is 0 Å². The molecule has 3 N–H and O–H groups in total. The predicted molar refractivity (Wildman–Crippen MR) is 66.1 cm³/mol. The first-order valence-corrected chi connectivity index (χ1v) is 6.28. The van der Waals surface area contributed by atoms with Crippen molar-refractivity contribution in [1.82, 2.24) is 4.90 Å². The number of amides is 1. The lowest BCUT2D eigenvalue weighted by molar-refractivity contribution is -0.149. The lowest BCUT2D eigenvalue weighted by Gasteiger charge is -2.39. The molecule has 6 nitrogen and oxygen atoms in total. The minimum atomic E-state index is -0.933. The van der Waals surface area contributed by atoms with Crippen molar-refractivity contribution in [2.45, 2.75) is 44.7 Å². The number of aliphatic carboxylic acids is 1. The fraction of sp³-hybridized carbons (Fsp3) is 0.833. The van der Waals surface area contributed by atoms with E-state index in [4.69, 9.17) is 15.6 Å². The minimum Gasteiger partial charge on any atom is -0.481 e. The summed E-state index contributed by atoms with van der Waals surface area (Å²) in [5.74, 6) is -1.11. The number of ether oxygens (including phenoxy) is 1. The summed E-state index contributed by atoms with van der Waals surface area (Å²) in [6.45, 7) is 4.77. The summed E-state index contributed by atoms with van der Waals surface area (Å²) in [5, 5.41) is 8.85. The van der Waals surface area contributed by atoms with E-state index in [2.05, 4.69) is 0 Å². The molecule has 6 heteroatoms. The molecule has 0 aliphatic carbocycles. The SMILES string of the molecule is CCCC(C)(N)C(=O)N1CCOCC1CC(=O)O. The van der Waals surface area contributed by atoms with E-state index in [1.54, 1.807) is 11.8 Å². The molecule has 1 saturated heterocycles. The second kappa shape index (κ2) is 6.15. The number of carboxylic acids is 1. The van der Waals surface area contributed by atoms with Crippen LogP contribution in [0.4, 0.5) is 0 Å². The van der Waals surface area contributed by atoms with Gasteiger partial charge in [-0.3, -0.25) is 9.59 Å². The molecule has 1 aliphatic heterocycles. The molecule has 1 aliphatic rings. The number of carboxylic acid groups (broad SMARTS) is 1. The highest BCUT2D eigenvalue weighted by molar-refractivity contribution is 5.86. The third kappa shape index (κ3) is 3.68. The van der Waals surface area contributed by atoms with E-state index in [0.29, 0.717) is 19.6 Å². The minimum absolute atomic E-state index is 0.103. The fourth-order valence-electron chi connectivity index (χ4n) is 2.25. The standard InChI is InChI=1S/C12H22N2O4/c1-3-4-12(2,13)11(17)14-5-6-18-8-9(14)7-10(15)16/h9H,3-8,13H2,1-2H3,(H,15,16). The van der Waals surface area contributed by atoms with E-state index in [-0.39, 0.29) is 18.9 Å². The summed E-state index contributed by atoms with van der Waals surface area (Å²) in [4.78, 5) is 24.7. The van der Waals surface area contributed by atoms with Gasteiger partial charge in [0.05, 0.1) is 31.2 Å². The molecule has 0 saturated carbocycles. The van der Waals surface area contributed by atoms with Gasteiger partial charge >= 0.3 is 5.97 Å². The first kappa shape index (κ1) is 14.9. The molecule has 0 aromatic carbocycles. The summed E-state index contributed by atoms with van der Waals surface area (Å²) in [5.41, 5.74) is 5.09. The molecule has 0 spiro atoms. The van der Waals surface area contributed by atoms with Crippen LogP contribution in [0.15, 0.2) is 0 Å². The lowest BCUT2D eigenvalue weighted by Crippen LogP contribution is -2.59. The largest absolute Gasteiger partial charge is 0.481 e. The predicted octanol–water partition coefficient (Wildman–Crippen LogP) is 0.206. The van der Waals surface area contributed by atoms with Crippen molar-refractivity contribution in [3.05, 3.63) is 0 Å². The highest BCUT2D eigenvalue weighted by Crippen LogP contribution is 2.18. The summed E-state index contributed by atoms with van der Waals surface area (Å²) < 4.78 is 5.24. The Kier molecular flexibility index (Phi) is 5.10. The van der Waals surface area contributed by atoms with Gasteiger partial charge in [-0.05, 0) is 13.3 Å². The Morgan fingerprint density at radius 3 is 2.78 bits per heavy atom. The molecule has 1 amide bonds. The van der Waals surface area contributed by atoms with Crippen molar-refractivity contribution in [2.75, 3.05) is 19.8 Å². The molecule has 0 radical (unpaired) electrons. The highest BCUT2D eigenvalue weighted by atomic mass is 16.5. The molecule has 1 heterocycles. The van der Waals surface area contributed by atoms with Gasteiger partial charge in [0, 0.05) is 6.54 Å². The number of rotatable bonds is 5. The van der Waals surface area contributed by atoms with Gasteiger partial charge in [0.15, 0.2) is 0 Å². The van der Waals surface area contributed by atoms with E-state index in [9.17, 15) is 9.59 Å². The van der Waals surface area contributed by atoms with Crippen LogP contribution in [-0.4, -0.2) is 53.2 Å². The second-order valence-electron chi connectivity index (χ2n) is 4.99. The summed E-state index contributed by atoms with van der Waals surface area (Å²) in [6.07, 6.45) is 1.30. The molecule has 1 fully saturated rings. The van der Waals surface area contributed by atoms with Gasteiger partial charge in [-0.15, -0.1) is 0 Å². The van der Waals surface area contributed by atoms with E-state index in [1.807, 2.05) is 6.92 Å². The summed E-state index contributed by atoms with van der Waals surface area (Å²) >= 11 is 0. The van der Waals surface area contributed by atoms with Gasteiger partial charge in [0.1, 0.15) is 0 Å². The maximum absolute atomic E-state index is 12.4. The third-order valence-corrected chi connectivity index (χ3v) is 3.16. The Labute approximate surface area is 107 Å². The zero-order valence-corrected chi connectivity index (χ0v) is 11.0. The number of hydrogen-bond donors (Lipinski definition) is 2. The summed E-state index contributed by atoms with van der Waals surface area (Å²) in [6, 6.07) is -0.413. The van der Waals surface area contributed by atoms with Crippen molar-refractivity contribution in [3.8, 4) is 0 Å². The maximum Gasteiger partial charge on any atom is 0.305 e. The van der Waals surface area contributed by atoms with Crippen LogP contribution in [-0.2, 0) is 14.3 Å². The quantitative estimate of drug-likeness (QED) is 0.735. The first-order valence-electron chi connectivity index (χ1n) is 6.28. The average molecular weight is 258 g/mol. The van der Waals surface area contributed by atoms with Gasteiger partial charge in [0.25, 0.3) is 0 Å². The van der Waals surface area contributed by atoms with Gasteiger partial charge in [-0.2, -0.15) is 0 Å². The van der Waals surface area contributed by atoms with Crippen molar-refractivity contribution in [1.29, 1.82) is 0 Å². The van der Waals surface area contributed by atoms with Gasteiger partial charge < -0.3 is 20.5 Å². The Morgan fingerprint density at radius 1 is 1.56 bits per heavy atom. The van der Waals surface area contributed by atoms with Crippen LogP contribution in [0.5, 0.6) is 0 Å². The second-order valence-corrected chi connectivity index (χ2v) is 4.99. The number of morpholine rings is 1. The Balaban J connectivity index is 2.76. The maximum atomic E-state index is 12.4. The van der Waals surface area contributed by atoms with E-state index < -0.39 is 17.6 Å². The van der Waals surface area contributed by atoms with E-state index in [0.717, 1.165) is 6.42 Å². The summed E-state index contributed by atoms with van der Waals surface area (Å²) in [7, 11) is 0. The normalized spacial score (nSPS) is 23.5. The molecule has 2 unspecified atom stereocenters. The highest BCUT2D eigenvalue weighted by Gasteiger charge is 2.37. The van der Waals surface area contributed by atoms with Crippen LogP contribution in [0.2, 0.25) is 0 Å². The average Bonchev–Trinajstić information content (AvgIpc) is 2.28. The molecule has 0 bridgehead atoms. The number of nitrogens with zero attached hydrogens (tertiary/aromatic N) is 1. The van der Waals surface area contributed by atoms with Crippen LogP contribution in [0.3, 0.4) is 0 Å². The number of nitrogens with two attached hydrogens (primary N) is 1. The Morgan fingerprint density at radius 2 is 2.22 bits per heavy atom. The van der Waals surface area contributed by atoms with Crippen molar-refractivity contribution in [2.24, 2.45) is 5.73 Å². The lowest BCUT2D eigenvalue weighted by atomic mass is 9.94. The van der Waals surface area contributed by atoms with E-state index in [1.165, 1.54) is 0 Å². The van der Waals surface area contributed by atoms with Crippen molar-refractivity contribution < 1.29 is 19.4 Å². The number of carbonyl (C=O) groups is 2. The van der Waals surface area contributed by atoms with Crippen LogP contribution in [0.1, 0.15) is 33.1 Å². The Bertz CT molecular complexity index is 317. The third-order valence-electron chi connectivity index (χ3n) is 3.16. The van der Waals surface area contributed by atoms with Crippen LogP contribution in [0, 0.1) is 0 Å². The zero-order chi connectivity index (χ0) is 13.8. The molecular weight excluding hydrogens is 236 g/mol. The van der Waals surface area contributed by atoms with Crippen LogP contribution < -0.4 is 5.73 Å². The first-order chi connectivity index (χ1) is 8.38. The Hall–Kier alpha value is -1.14. The smallest absolute Gasteiger partial charge is 0.305 e. The molecule has 0 aromatic rings. The molecule has 18 heavy (non-hydrogen) atoms. The topological polar surface area (TPSA) is 92.9 Å². The molecular formula is C12H22N2O4. The van der Waals surface area contributed by atoms with Crippen LogP contribution in [0.25, 0.3) is 0 Å². The molecule has 2 atom stereocenters. The molecule has 0 aromatic heterocycles. The van der Waals surface area contributed by atoms with Gasteiger partial charge in [-0.1, -0.05) is 13.3 Å². The zero-order valence-electron chi connectivity index (χ0n) is 11.0. The monoisotopic (exact) mass is 258 g/mol. The molecule has 104 valence electrons. The van der Waals surface area contributed by atoms with Crippen molar-refractivity contribution in [3.63, 3.8) is 0 Å². The molecule has 1 rings (SSSR count). The number of hydrogen-bond acceptors (Lipinski definition) is 4. The fourth-order valence-corrected chi connectivity index (χ4v) is 2.25. The van der Waals surface area contributed by atoms with E-state index >= 15 is 0 Å². The van der Waals surface area contributed by atoms with Crippen molar-refractivity contribution >= 4 is 11.9 Å². The van der Waals surface area contributed by atoms with Crippen LogP contribution >= 0.6 is 0 Å². The number of carbonyl (C=O) groups excluding carboxylic acids is 1.